The number of nitro groups is 1. The fourth-order valence-corrected chi connectivity index (χ4v) is 5.64. The van der Waals surface area contributed by atoms with Crippen LogP contribution in [0.4, 0.5) is 10.7 Å². The lowest BCUT2D eigenvalue weighted by Crippen LogP contribution is -2.24. The first-order chi connectivity index (χ1) is 18.6. The number of nitrogens with one attached hydrogen (secondary N) is 1. The number of hydrogen-bond acceptors (Lipinski definition) is 6. The van der Waals surface area contributed by atoms with Crippen LogP contribution in [0.15, 0.2) is 83.9 Å². The van der Waals surface area contributed by atoms with Gasteiger partial charge in [0.05, 0.1) is 10.5 Å². The Morgan fingerprint density at radius 2 is 1.71 bits per heavy atom. The van der Waals surface area contributed by atoms with E-state index in [1.807, 2.05) is 54.6 Å². The molecule has 1 amide bonds. The number of benzene rings is 3. The lowest BCUT2D eigenvalue weighted by atomic mass is 9.95. The Morgan fingerprint density at radius 3 is 2.45 bits per heavy atom. The van der Waals surface area contributed by atoms with Gasteiger partial charge in [-0.2, -0.15) is 0 Å². The third-order valence-corrected chi connectivity index (χ3v) is 7.64. The zero-order valence-electron chi connectivity index (χ0n) is 20.8. The van der Waals surface area contributed by atoms with Crippen molar-refractivity contribution in [2.24, 2.45) is 4.99 Å². The second-order valence-corrected chi connectivity index (χ2v) is 10.2. The van der Waals surface area contributed by atoms with E-state index in [2.05, 4.69) is 5.32 Å². The van der Waals surface area contributed by atoms with Crippen LogP contribution >= 0.6 is 11.3 Å². The number of carbonyl (C=O) groups is 1. The number of aryl methyl sites for hydroxylation is 1. The van der Waals surface area contributed by atoms with E-state index in [-0.39, 0.29) is 11.6 Å². The molecule has 0 fully saturated rings. The van der Waals surface area contributed by atoms with Crippen LogP contribution in [0.5, 0.6) is 5.75 Å². The molecule has 1 heterocycles. The number of hydrogen-bond donors (Lipinski definition) is 1. The summed E-state index contributed by atoms with van der Waals surface area (Å²) in [6.45, 7) is 0.794. The third kappa shape index (κ3) is 6.15. The number of fused-ring (bicyclic) bond motifs is 1. The number of aliphatic imine (C=N–C) groups is 1. The van der Waals surface area contributed by atoms with Crippen molar-refractivity contribution in [2.45, 2.75) is 38.8 Å². The molecule has 5 rings (SSSR count). The molecule has 0 radical (unpaired) electrons. The summed E-state index contributed by atoms with van der Waals surface area (Å²) >= 11 is 1.62. The molecule has 0 atom stereocenters. The first-order valence-electron chi connectivity index (χ1n) is 12.5. The molecular formula is C30H27N3O4S. The van der Waals surface area contributed by atoms with E-state index < -0.39 is 4.92 Å². The van der Waals surface area contributed by atoms with Crippen LogP contribution in [-0.4, -0.2) is 17.0 Å². The van der Waals surface area contributed by atoms with Gasteiger partial charge in [-0.25, -0.2) is 4.99 Å². The summed E-state index contributed by atoms with van der Waals surface area (Å²) in [5.41, 5.74) is 4.72. The summed E-state index contributed by atoms with van der Waals surface area (Å²) in [7, 11) is 0. The van der Waals surface area contributed by atoms with E-state index in [4.69, 9.17) is 9.73 Å². The largest absolute Gasteiger partial charge is 0.489 e. The second kappa shape index (κ2) is 11.8. The first kappa shape index (κ1) is 25.4. The summed E-state index contributed by atoms with van der Waals surface area (Å²) in [5.74, 6) is 0.614. The Balaban J connectivity index is 1.26. The van der Waals surface area contributed by atoms with Gasteiger partial charge in [0.25, 0.3) is 11.6 Å². The van der Waals surface area contributed by atoms with Crippen LogP contribution in [-0.2, 0) is 26.0 Å². The van der Waals surface area contributed by atoms with Gasteiger partial charge in [0.1, 0.15) is 17.4 Å². The molecule has 192 valence electrons. The van der Waals surface area contributed by atoms with Gasteiger partial charge in [0, 0.05) is 29.8 Å². The molecule has 0 bridgehead atoms. The molecule has 1 aliphatic carbocycles. The Hall–Kier alpha value is -4.30. The summed E-state index contributed by atoms with van der Waals surface area (Å²) in [4.78, 5) is 29.6. The zero-order valence-corrected chi connectivity index (χ0v) is 21.6. The normalized spacial score (nSPS) is 12.7. The summed E-state index contributed by atoms with van der Waals surface area (Å²) in [6.07, 6.45) is 5.92. The first-order valence-corrected chi connectivity index (χ1v) is 13.4. The molecule has 1 N–H and O–H groups in total. The molecule has 0 saturated heterocycles. The topological polar surface area (TPSA) is 93.8 Å². The average Bonchev–Trinajstić information content (AvgIpc) is 3.33. The Morgan fingerprint density at radius 1 is 0.974 bits per heavy atom. The van der Waals surface area contributed by atoms with Crippen molar-refractivity contribution in [3.8, 4) is 5.75 Å². The lowest BCUT2D eigenvalue weighted by Gasteiger charge is -2.12. The van der Waals surface area contributed by atoms with Gasteiger partial charge in [-0.05, 0) is 84.3 Å². The van der Waals surface area contributed by atoms with Gasteiger partial charge in [0.15, 0.2) is 0 Å². The highest BCUT2D eigenvalue weighted by Gasteiger charge is 2.25. The molecule has 0 unspecified atom stereocenters. The molecule has 1 aromatic heterocycles. The van der Waals surface area contributed by atoms with Crippen LogP contribution in [0, 0.1) is 10.1 Å². The highest BCUT2D eigenvalue weighted by molar-refractivity contribution is 7.16. The number of carbonyl (C=O) groups excluding carboxylic acids is 1. The lowest BCUT2D eigenvalue weighted by molar-refractivity contribution is -0.384. The highest BCUT2D eigenvalue weighted by Crippen LogP contribution is 2.40. The van der Waals surface area contributed by atoms with E-state index >= 15 is 0 Å². The zero-order chi connectivity index (χ0) is 26.3. The number of ether oxygens (including phenoxy) is 1. The monoisotopic (exact) mass is 525 g/mol. The maximum Gasteiger partial charge on any atom is 0.269 e. The molecule has 0 aliphatic heterocycles. The molecule has 1 aliphatic rings. The van der Waals surface area contributed by atoms with Crippen molar-refractivity contribution < 1.29 is 14.5 Å². The predicted octanol–water partition coefficient (Wildman–Crippen LogP) is 6.79. The number of non-ortho nitro benzene ring substituents is 1. The van der Waals surface area contributed by atoms with E-state index in [1.165, 1.54) is 17.0 Å². The SMILES string of the molecule is O=C(NCc1ccccc1)c1c(N=Cc2ccc(OCc3ccc([N+](=O)[O-])cc3)cc2)sc2c1CCCC2. The fourth-order valence-electron chi connectivity index (χ4n) is 4.41. The Labute approximate surface area is 225 Å². The number of nitro benzene ring substituents is 1. The van der Waals surface area contributed by atoms with Gasteiger partial charge < -0.3 is 10.1 Å². The third-order valence-electron chi connectivity index (χ3n) is 6.44. The smallest absolute Gasteiger partial charge is 0.269 e. The van der Waals surface area contributed by atoms with Crippen molar-refractivity contribution in [2.75, 3.05) is 0 Å². The standard InChI is InChI=1S/C30H27N3O4S/c34-29(31-18-21-6-2-1-3-7-21)28-26-8-4-5-9-27(26)38-30(28)32-19-22-12-16-25(17-13-22)37-20-23-10-14-24(15-11-23)33(35)36/h1-3,6-7,10-17,19H,4-5,8-9,18,20H2,(H,31,34). The van der Waals surface area contributed by atoms with Gasteiger partial charge in [-0.15, -0.1) is 11.3 Å². The van der Waals surface area contributed by atoms with E-state index in [1.54, 1.807) is 29.7 Å². The van der Waals surface area contributed by atoms with Gasteiger partial charge in [-0.1, -0.05) is 30.3 Å². The minimum Gasteiger partial charge on any atom is -0.489 e. The maximum atomic E-state index is 13.2. The molecule has 38 heavy (non-hydrogen) atoms. The number of amides is 1. The minimum atomic E-state index is -0.420. The summed E-state index contributed by atoms with van der Waals surface area (Å²) in [5, 5.41) is 14.6. The second-order valence-electron chi connectivity index (χ2n) is 9.10. The minimum absolute atomic E-state index is 0.0563. The predicted molar refractivity (Wildman–Crippen MR) is 150 cm³/mol. The van der Waals surface area contributed by atoms with E-state index in [9.17, 15) is 14.9 Å². The molecule has 4 aromatic rings. The van der Waals surface area contributed by atoms with Gasteiger partial charge in [-0.3, -0.25) is 14.9 Å². The molecular weight excluding hydrogens is 498 g/mol. The Bertz CT molecular complexity index is 1450. The molecule has 8 heteroatoms. The van der Waals surface area contributed by atoms with Crippen LogP contribution in [0.1, 0.15) is 50.3 Å². The van der Waals surface area contributed by atoms with Gasteiger partial charge in [0.2, 0.25) is 0 Å². The van der Waals surface area contributed by atoms with Crippen molar-refractivity contribution in [1.82, 2.24) is 5.32 Å². The molecule has 3 aromatic carbocycles. The van der Waals surface area contributed by atoms with Gasteiger partial charge >= 0.3 is 0 Å². The van der Waals surface area contributed by atoms with Crippen molar-refractivity contribution in [1.29, 1.82) is 0 Å². The van der Waals surface area contributed by atoms with Crippen LogP contribution in [0.2, 0.25) is 0 Å². The Kier molecular flexibility index (Phi) is 7.89. The summed E-state index contributed by atoms with van der Waals surface area (Å²) < 4.78 is 5.81. The van der Waals surface area contributed by atoms with Crippen molar-refractivity contribution in [3.05, 3.63) is 122 Å². The van der Waals surface area contributed by atoms with E-state index in [0.717, 1.165) is 52.9 Å². The molecule has 7 nitrogen and oxygen atoms in total. The number of nitrogens with zero attached hydrogens (tertiary/aromatic N) is 2. The fraction of sp³-hybridized carbons (Fsp3) is 0.200. The number of rotatable bonds is 9. The number of thiophene rings is 1. The average molecular weight is 526 g/mol. The van der Waals surface area contributed by atoms with Crippen LogP contribution < -0.4 is 10.1 Å². The van der Waals surface area contributed by atoms with E-state index in [0.29, 0.717) is 24.5 Å². The molecule has 0 spiro atoms. The highest BCUT2D eigenvalue weighted by atomic mass is 32.1. The quantitative estimate of drug-likeness (QED) is 0.148. The maximum absolute atomic E-state index is 13.2. The van der Waals surface area contributed by atoms with Crippen molar-refractivity contribution >= 4 is 34.1 Å². The van der Waals surface area contributed by atoms with Crippen LogP contribution in [0.25, 0.3) is 0 Å². The summed E-state index contributed by atoms with van der Waals surface area (Å²) in [6, 6.07) is 23.8. The molecule has 0 saturated carbocycles. The van der Waals surface area contributed by atoms with Crippen LogP contribution in [0.3, 0.4) is 0 Å². The van der Waals surface area contributed by atoms with Crippen molar-refractivity contribution in [3.63, 3.8) is 0 Å².